The molecule has 0 spiro atoms. The van der Waals surface area contributed by atoms with Crippen molar-refractivity contribution in [3.05, 3.63) is 76.8 Å². The number of aliphatic hydroxyl groups is 1. The molecule has 4 aromatic rings. The van der Waals surface area contributed by atoms with E-state index in [4.69, 9.17) is 21.1 Å². The van der Waals surface area contributed by atoms with E-state index in [0.29, 0.717) is 35.8 Å². The third-order valence-electron chi connectivity index (χ3n) is 5.92. The number of hydrogen-bond donors (Lipinski definition) is 1. The lowest BCUT2D eigenvalue weighted by Crippen LogP contribution is -2.36. The zero-order chi connectivity index (χ0) is 23.7. The molecule has 1 aliphatic heterocycles. The molecule has 1 N–H and O–H groups in total. The molecule has 2 aromatic heterocycles. The van der Waals surface area contributed by atoms with Gasteiger partial charge in [-0.2, -0.15) is 0 Å². The fourth-order valence-electron chi connectivity index (χ4n) is 4.12. The number of ether oxygens (including phenoxy) is 2. The van der Waals surface area contributed by atoms with Crippen LogP contribution in [0, 0.1) is 5.82 Å². The quantitative estimate of drug-likeness (QED) is 0.453. The van der Waals surface area contributed by atoms with E-state index in [1.165, 1.54) is 13.2 Å². The SMILES string of the molecule is COc1ccc(C(O)c2cc(-c3ccnc4cc(N5CCOCC5)ccc34)c(F)cc2Cl)nn1. The maximum Gasteiger partial charge on any atom is 0.233 e. The summed E-state index contributed by atoms with van der Waals surface area (Å²) in [6.07, 6.45) is 0.464. The molecular formula is C25H22ClFN4O3. The molecular weight excluding hydrogens is 459 g/mol. The van der Waals surface area contributed by atoms with Crippen LogP contribution < -0.4 is 9.64 Å². The molecule has 9 heteroatoms. The Labute approximate surface area is 200 Å². The van der Waals surface area contributed by atoms with E-state index in [-0.39, 0.29) is 10.7 Å². The van der Waals surface area contributed by atoms with Crippen LogP contribution in [-0.2, 0) is 4.74 Å². The van der Waals surface area contributed by atoms with Gasteiger partial charge in [0.2, 0.25) is 5.88 Å². The number of halogens is 2. The second kappa shape index (κ2) is 9.50. The van der Waals surface area contributed by atoms with Crippen LogP contribution in [0.2, 0.25) is 5.02 Å². The standard InChI is InChI=1S/C25H22ClFN4O3/c1-33-24-5-4-22(29-30-24)25(32)19-13-18(21(27)14-20(19)26)16-6-7-28-23-12-15(2-3-17(16)23)31-8-10-34-11-9-31/h2-7,12-14,25,32H,8-11H2,1H3. The van der Waals surface area contributed by atoms with Crippen LogP contribution in [0.4, 0.5) is 10.1 Å². The van der Waals surface area contributed by atoms with Gasteiger partial charge < -0.3 is 19.5 Å². The fraction of sp³-hybridized carbons (Fsp3) is 0.240. The number of nitrogens with zero attached hydrogens (tertiary/aromatic N) is 4. The van der Waals surface area contributed by atoms with Crippen LogP contribution in [0.1, 0.15) is 17.4 Å². The van der Waals surface area contributed by atoms with Crippen molar-refractivity contribution in [3.63, 3.8) is 0 Å². The molecule has 5 rings (SSSR count). The van der Waals surface area contributed by atoms with E-state index in [1.54, 1.807) is 30.5 Å². The molecule has 174 valence electrons. The van der Waals surface area contributed by atoms with E-state index < -0.39 is 11.9 Å². The first-order valence-corrected chi connectivity index (χ1v) is 11.2. The largest absolute Gasteiger partial charge is 0.480 e. The summed E-state index contributed by atoms with van der Waals surface area (Å²) in [7, 11) is 1.48. The van der Waals surface area contributed by atoms with Crippen LogP contribution >= 0.6 is 11.6 Å². The van der Waals surface area contributed by atoms with E-state index in [2.05, 4.69) is 20.1 Å². The number of rotatable bonds is 5. The minimum atomic E-state index is -1.19. The first-order valence-electron chi connectivity index (χ1n) is 10.8. The van der Waals surface area contributed by atoms with E-state index in [0.717, 1.165) is 29.7 Å². The monoisotopic (exact) mass is 480 g/mol. The van der Waals surface area contributed by atoms with Crippen molar-refractivity contribution >= 4 is 28.2 Å². The number of anilines is 1. The van der Waals surface area contributed by atoms with Crippen molar-refractivity contribution in [1.82, 2.24) is 15.2 Å². The summed E-state index contributed by atoms with van der Waals surface area (Å²) in [6, 6.07) is 13.7. The number of fused-ring (bicyclic) bond motifs is 1. The Hall–Kier alpha value is -3.33. The number of hydrogen-bond acceptors (Lipinski definition) is 7. The summed E-state index contributed by atoms with van der Waals surface area (Å²) in [5, 5.41) is 19.7. The highest BCUT2D eigenvalue weighted by molar-refractivity contribution is 6.31. The number of morpholine rings is 1. The maximum absolute atomic E-state index is 15.1. The normalized spacial score (nSPS) is 14.9. The van der Waals surface area contributed by atoms with Crippen LogP contribution in [0.3, 0.4) is 0 Å². The van der Waals surface area contributed by atoms with Gasteiger partial charge in [0, 0.05) is 52.6 Å². The maximum atomic E-state index is 15.1. The Morgan fingerprint density at radius 3 is 2.62 bits per heavy atom. The minimum Gasteiger partial charge on any atom is -0.480 e. The van der Waals surface area contributed by atoms with Crippen LogP contribution in [0.15, 0.2) is 54.7 Å². The third-order valence-corrected chi connectivity index (χ3v) is 6.25. The first kappa shape index (κ1) is 22.5. The Morgan fingerprint density at radius 2 is 1.88 bits per heavy atom. The predicted octanol–water partition coefficient (Wildman–Crippen LogP) is 4.41. The number of aliphatic hydroxyl groups excluding tert-OH is 1. The van der Waals surface area contributed by atoms with Crippen molar-refractivity contribution in [1.29, 1.82) is 0 Å². The number of aromatic nitrogens is 3. The smallest absolute Gasteiger partial charge is 0.233 e. The van der Waals surface area contributed by atoms with Gasteiger partial charge in [-0.3, -0.25) is 4.98 Å². The van der Waals surface area contributed by atoms with Crippen molar-refractivity contribution < 1.29 is 19.0 Å². The minimum absolute atomic E-state index is 0.0966. The molecule has 34 heavy (non-hydrogen) atoms. The van der Waals surface area contributed by atoms with E-state index in [9.17, 15) is 5.11 Å². The second-order valence-electron chi connectivity index (χ2n) is 7.92. The molecule has 1 aliphatic rings. The van der Waals surface area contributed by atoms with Crippen LogP contribution in [-0.4, -0.2) is 53.7 Å². The number of benzene rings is 2. The van der Waals surface area contributed by atoms with Crippen molar-refractivity contribution in [2.75, 3.05) is 38.3 Å². The van der Waals surface area contributed by atoms with Gasteiger partial charge in [-0.25, -0.2) is 4.39 Å². The molecule has 1 saturated heterocycles. The van der Waals surface area contributed by atoms with E-state index in [1.807, 2.05) is 18.2 Å². The molecule has 0 aliphatic carbocycles. The highest BCUT2D eigenvalue weighted by Crippen LogP contribution is 2.37. The van der Waals surface area contributed by atoms with Crippen molar-refractivity contribution in [3.8, 4) is 17.0 Å². The average Bonchev–Trinajstić information content (AvgIpc) is 2.88. The van der Waals surface area contributed by atoms with Gasteiger partial charge in [0.1, 0.15) is 11.9 Å². The Morgan fingerprint density at radius 1 is 1.06 bits per heavy atom. The lowest BCUT2D eigenvalue weighted by Gasteiger charge is -2.29. The van der Waals surface area contributed by atoms with Gasteiger partial charge in [0.15, 0.2) is 0 Å². The summed E-state index contributed by atoms with van der Waals surface area (Å²) in [4.78, 5) is 6.75. The molecule has 3 heterocycles. The Bertz CT molecular complexity index is 1330. The second-order valence-corrected chi connectivity index (χ2v) is 8.32. The summed E-state index contributed by atoms with van der Waals surface area (Å²) in [6.45, 7) is 3.00. The van der Waals surface area contributed by atoms with Gasteiger partial charge in [0.05, 0.1) is 31.5 Å². The zero-order valence-electron chi connectivity index (χ0n) is 18.4. The fourth-order valence-corrected chi connectivity index (χ4v) is 4.37. The molecule has 1 atom stereocenters. The predicted molar refractivity (Wildman–Crippen MR) is 128 cm³/mol. The summed E-state index contributed by atoms with van der Waals surface area (Å²) in [5.74, 6) is -0.173. The van der Waals surface area contributed by atoms with Gasteiger partial charge in [-0.05, 0) is 42.0 Å². The van der Waals surface area contributed by atoms with Gasteiger partial charge in [0.25, 0.3) is 0 Å². The highest BCUT2D eigenvalue weighted by Gasteiger charge is 2.21. The lowest BCUT2D eigenvalue weighted by molar-refractivity contribution is 0.122. The average molecular weight is 481 g/mol. The van der Waals surface area contributed by atoms with E-state index >= 15 is 4.39 Å². The third kappa shape index (κ3) is 4.27. The molecule has 2 aromatic carbocycles. The van der Waals surface area contributed by atoms with Crippen LogP contribution in [0.5, 0.6) is 5.88 Å². The van der Waals surface area contributed by atoms with Gasteiger partial charge >= 0.3 is 0 Å². The highest BCUT2D eigenvalue weighted by atomic mass is 35.5. The lowest BCUT2D eigenvalue weighted by atomic mass is 9.96. The Balaban J connectivity index is 1.55. The number of pyridine rings is 1. The first-order chi connectivity index (χ1) is 16.5. The molecule has 1 unspecified atom stereocenters. The van der Waals surface area contributed by atoms with Gasteiger partial charge in [-0.1, -0.05) is 17.7 Å². The van der Waals surface area contributed by atoms with Crippen LogP contribution in [0.25, 0.3) is 22.0 Å². The zero-order valence-corrected chi connectivity index (χ0v) is 19.2. The summed E-state index contributed by atoms with van der Waals surface area (Å²) >= 11 is 6.32. The number of methoxy groups -OCH3 is 1. The topological polar surface area (TPSA) is 80.6 Å². The molecule has 0 bridgehead atoms. The molecule has 1 fully saturated rings. The molecule has 0 saturated carbocycles. The van der Waals surface area contributed by atoms with Crippen molar-refractivity contribution in [2.45, 2.75) is 6.10 Å². The summed E-state index contributed by atoms with van der Waals surface area (Å²) < 4.78 is 25.6. The summed E-state index contributed by atoms with van der Waals surface area (Å²) in [5.41, 5.74) is 3.36. The molecule has 0 radical (unpaired) electrons. The molecule has 7 nitrogen and oxygen atoms in total. The Kier molecular flexibility index (Phi) is 6.28. The van der Waals surface area contributed by atoms with Gasteiger partial charge in [-0.15, -0.1) is 10.2 Å². The van der Waals surface area contributed by atoms with Crippen molar-refractivity contribution in [2.24, 2.45) is 0 Å². The molecule has 0 amide bonds.